The molecule has 1 aliphatic rings. The van der Waals surface area contributed by atoms with E-state index in [1.807, 2.05) is 37.3 Å². The van der Waals surface area contributed by atoms with Gasteiger partial charge in [-0.25, -0.2) is 9.78 Å². The Labute approximate surface area is 233 Å². The number of aromatic hydroxyl groups is 1. The Morgan fingerprint density at radius 1 is 0.975 bits per heavy atom. The zero-order valence-corrected chi connectivity index (χ0v) is 22.8. The van der Waals surface area contributed by atoms with Crippen molar-refractivity contribution in [2.45, 2.75) is 38.8 Å². The van der Waals surface area contributed by atoms with Crippen LogP contribution < -0.4 is 5.32 Å². The first-order chi connectivity index (χ1) is 19.5. The third-order valence-corrected chi connectivity index (χ3v) is 6.77. The minimum atomic E-state index is -0.873. The molecule has 1 aliphatic heterocycles. The number of hydrogen-bond donors (Lipinski definition) is 2. The predicted molar refractivity (Wildman–Crippen MR) is 150 cm³/mol. The van der Waals surface area contributed by atoms with Crippen LogP contribution in [-0.2, 0) is 20.9 Å². The number of pyridine rings is 1. The summed E-state index contributed by atoms with van der Waals surface area (Å²) in [5.41, 5.74) is 1.50. The van der Waals surface area contributed by atoms with E-state index in [1.165, 1.54) is 6.07 Å². The smallest absolute Gasteiger partial charge is 0.409 e. The van der Waals surface area contributed by atoms with Gasteiger partial charge < -0.3 is 29.7 Å². The van der Waals surface area contributed by atoms with Crippen molar-refractivity contribution in [1.82, 2.24) is 20.1 Å². The van der Waals surface area contributed by atoms with Gasteiger partial charge in [0.15, 0.2) is 0 Å². The standard InChI is InChI=1S/C30H36N4O6/c1-2-3-18-40-30(38)34-16-14-33(15-17-34)29(37)25(13-19-39-21-22-9-5-4-6-10-22)32-28(36)26-20-27(35)23-11-7-8-12-24(23)31-26/h4-12,20,25H,2-3,13-19,21H2,1H3,(H,31,35)(H,32,36). The van der Waals surface area contributed by atoms with Crippen LogP contribution in [0.5, 0.6) is 5.75 Å². The Kier molecular flexibility index (Phi) is 10.3. The maximum atomic E-state index is 13.5. The average molecular weight is 549 g/mol. The molecule has 1 fully saturated rings. The number of carbonyl (C=O) groups excluding carboxylic acids is 3. The number of nitrogens with one attached hydrogen (secondary N) is 1. The molecule has 0 aliphatic carbocycles. The average Bonchev–Trinajstić information content (AvgIpc) is 2.99. The molecule has 1 saturated heterocycles. The molecule has 212 valence electrons. The number of aromatic nitrogens is 1. The summed E-state index contributed by atoms with van der Waals surface area (Å²) in [5.74, 6) is -0.895. The third-order valence-electron chi connectivity index (χ3n) is 6.77. The van der Waals surface area contributed by atoms with E-state index in [2.05, 4.69) is 10.3 Å². The summed E-state index contributed by atoms with van der Waals surface area (Å²) < 4.78 is 11.1. The zero-order chi connectivity index (χ0) is 28.3. The highest BCUT2D eigenvalue weighted by atomic mass is 16.6. The summed E-state index contributed by atoms with van der Waals surface area (Å²) in [6.07, 6.45) is 1.62. The zero-order valence-electron chi connectivity index (χ0n) is 22.8. The van der Waals surface area contributed by atoms with E-state index in [4.69, 9.17) is 9.47 Å². The van der Waals surface area contributed by atoms with Gasteiger partial charge >= 0.3 is 6.09 Å². The van der Waals surface area contributed by atoms with Crippen molar-refractivity contribution in [3.63, 3.8) is 0 Å². The first-order valence-corrected chi connectivity index (χ1v) is 13.7. The first-order valence-electron chi connectivity index (χ1n) is 13.7. The van der Waals surface area contributed by atoms with Crippen LogP contribution in [0.25, 0.3) is 10.9 Å². The number of amides is 3. The second kappa shape index (κ2) is 14.3. The molecule has 1 atom stereocenters. The minimum Gasteiger partial charge on any atom is -0.507 e. The Balaban J connectivity index is 1.40. The van der Waals surface area contributed by atoms with Gasteiger partial charge in [0.25, 0.3) is 5.91 Å². The van der Waals surface area contributed by atoms with Gasteiger partial charge in [-0.1, -0.05) is 55.8 Å². The molecule has 3 amide bonds. The Morgan fingerprint density at radius 3 is 2.42 bits per heavy atom. The normalized spacial score (nSPS) is 14.1. The van der Waals surface area contributed by atoms with Crippen molar-refractivity contribution in [2.24, 2.45) is 0 Å². The fraction of sp³-hybridized carbons (Fsp3) is 0.400. The SMILES string of the molecule is CCCCOC(=O)N1CCN(C(=O)C(CCOCc2ccccc2)NC(=O)c2cc(O)c3ccccc3n2)CC1. The first kappa shape index (κ1) is 28.8. The van der Waals surface area contributed by atoms with Crippen LogP contribution in [0.15, 0.2) is 60.7 Å². The molecule has 3 aromatic rings. The Hall–Kier alpha value is -4.18. The van der Waals surface area contributed by atoms with Crippen LogP contribution in [0, 0.1) is 0 Å². The number of piperazine rings is 1. The van der Waals surface area contributed by atoms with Gasteiger partial charge in [-0.15, -0.1) is 0 Å². The van der Waals surface area contributed by atoms with Gasteiger partial charge in [-0.3, -0.25) is 9.59 Å². The van der Waals surface area contributed by atoms with Gasteiger partial charge in [-0.2, -0.15) is 0 Å². The highest BCUT2D eigenvalue weighted by Gasteiger charge is 2.31. The number of benzene rings is 2. The van der Waals surface area contributed by atoms with E-state index in [9.17, 15) is 19.5 Å². The second-order valence-electron chi connectivity index (χ2n) is 9.68. The second-order valence-corrected chi connectivity index (χ2v) is 9.68. The minimum absolute atomic E-state index is 0.0128. The summed E-state index contributed by atoms with van der Waals surface area (Å²) in [5, 5.41) is 13.7. The lowest BCUT2D eigenvalue weighted by atomic mass is 10.1. The number of ether oxygens (including phenoxy) is 2. The van der Waals surface area contributed by atoms with Crippen LogP contribution >= 0.6 is 0 Å². The van der Waals surface area contributed by atoms with Gasteiger partial charge in [0.05, 0.1) is 18.7 Å². The highest BCUT2D eigenvalue weighted by Crippen LogP contribution is 2.24. The van der Waals surface area contributed by atoms with Crippen molar-refractivity contribution >= 4 is 28.8 Å². The molecule has 0 bridgehead atoms. The van der Waals surface area contributed by atoms with E-state index >= 15 is 0 Å². The number of nitrogens with zero attached hydrogens (tertiary/aromatic N) is 3. The van der Waals surface area contributed by atoms with Gasteiger partial charge in [0.2, 0.25) is 5.91 Å². The molecule has 2 heterocycles. The fourth-order valence-corrected chi connectivity index (χ4v) is 4.45. The molecule has 1 aromatic heterocycles. The van der Waals surface area contributed by atoms with Crippen molar-refractivity contribution in [2.75, 3.05) is 39.4 Å². The van der Waals surface area contributed by atoms with Gasteiger partial charge in [-0.05, 0) is 30.5 Å². The van der Waals surface area contributed by atoms with Gasteiger partial charge in [0.1, 0.15) is 17.5 Å². The van der Waals surface area contributed by atoms with Crippen molar-refractivity contribution in [1.29, 1.82) is 0 Å². The number of fused-ring (bicyclic) bond motifs is 1. The molecule has 10 heteroatoms. The van der Waals surface area contributed by atoms with Crippen LogP contribution in [0.4, 0.5) is 4.79 Å². The molecule has 40 heavy (non-hydrogen) atoms. The lowest BCUT2D eigenvalue weighted by molar-refractivity contribution is -0.135. The van der Waals surface area contributed by atoms with E-state index in [1.54, 1.807) is 34.1 Å². The molecular weight excluding hydrogens is 512 g/mol. The van der Waals surface area contributed by atoms with Gasteiger partial charge in [0, 0.05) is 44.2 Å². The molecular formula is C30H36N4O6. The summed E-state index contributed by atoms with van der Waals surface area (Å²) in [6.45, 7) is 4.38. The predicted octanol–water partition coefficient (Wildman–Crippen LogP) is 3.73. The van der Waals surface area contributed by atoms with Crippen molar-refractivity contribution in [3.05, 3.63) is 71.9 Å². The number of rotatable bonds is 11. The lowest BCUT2D eigenvalue weighted by Crippen LogP contribution is -2.56. The van der Waals surface area contributed by atoms with Crippen molar-refractivity contribution < 1.29 is 29.0 Å². The number of unbranched alkanes of at least 4 members (excludes halogenated alkanes) is 1. The molecule has 10 nitrogen and oxygen atoms in total. The third kappa shape index (κ3) is 7.69. The van der Waals surface area contributed by atoms with E-state index in [-0.39, 0.29) is 36.5 Å². The number of para-hydroxylation sites is 1. The van der Waals surface area contributed by atoms with Crippen molar-refractivity contribution in [3.8, 4) is 5.75 Å². The quantitative estimate of drug-likeness (QED) is 0.350. The Morgan fingerprint density at radius 2 is 1.68 bits per heavy atom. The molecule has 1 unspecified atom stereocenters. The van der Waals surface area contributed by atoms with Crippen LogP contribution in [0.3, 0.4) is 0 Å². The molecule has 0 saturated carbocycles. The van der Waals surface area contributed by atoms with E-state index in [0.29, 0.717) is 50.3 Å². The molecule has 2 N–H and O–H groups in total. The number of carbonyl (C=O) groups is 3. The van der Waals surface area contributed by atoms with Crippen LogP contribution in [0.2, 0.25) is 0 Å². The monoisotopic (exact) mass is 548 g/mol. The Bertz CT molecular complexity index is 1290. The lowest BCUT2D eigenvalue weighted by Gasteiger charge is -2.36. The maximum absolute atomic E-state index is 13.5. The van der Waals surface area contributed by atoms with E-state index in [0.717, 1.165) is 18.4 Å². The maximum Gasteiger partial charge on any atom is 0.409 e. The molecule has 2 aromatic carbocycles. The fourth-order valence-electron chi connectivity index (χ4n) is 4.45. The summed E-state index contributed by atoms with van der Waals surface area (Å²) >= 11 is 0. The van der Waals surface area contributed by atoms with Crippen LogP contribution in [0.1, 0.15) is 42.2 Å². The topological polar surface area (TPSA) is 121 Å². The number of hydrogen-bond acceptors (Lipinski definition) is 7. The highest BCUT2D eigenvalue weighted by molar-refractivity contribution is 5.99. The molecule has 0 radical (unpaired) electrons. The van der Waals surface area contributed by atoms with E-state index < -0.39 is 11.9 Å². The summed E-state index contributed by atoms with van der Waals surface area (Å²) in [7, 11) is 0. The van der Waals surface area contributed by atoms with Crippen LogP contribution in [-0.4, -0.2) is 83.2 Å². The summed E-state index contributed by atoms with van der Waals surface area (Å²) in [6, 6.07) is 17.1. The largest absolute Gasteiger partial charge is 0.507 e. The molecule has 4 rings (SSSR count). The summed E-state index contributed by atoms with van der Waals surface area (Å²) in [4.78, 5) is 46.6. The molecule has 0 spiro atoms.